The molecule has 0 saturated carbocycles. The average molecular weight is 409 g/mol. The van der Waals surface area contributed by atoms with Gasteiger partial charge in [0, 0.05) is 10.4 Å². The maximum Gasteiger partial charge on any atom is 0.361 e. The van der Waals surface area contributed by atoms with Crippen LogP contribution in [0.5, 0.6) is 0 Å². The summed E-state index contributed by atoms with van der Waals surface area (Å²) in [6.45, 7) is 7.15. The molecule has 29 heavy (non-hydrogen) atoms. The number of hydrogen-bond donors (Lipinski definition) is 1. The van der Waals surface area contributed by atoms with Crippen molar-refractivity contribution in [1.82, 2.24) is 15.0 Å². The van der Waals surface area contributed by atoms with Gasteiger partial charge in [-0.2, -0.15) is 0 Å². The molecule has 148 valence electrons. The third-order valence-electron chi connectivity index (χ3n) is 4.74. The van der Waals surface area contributed by atoms with Crippen LogP contribution in [0.4, 0.5) is 0 Å². The fourth-order valence-corrected chi connectivity index (χ4v) is 4.06. The molecular formula is C21H19N3O4S. The molecular weight excluding hydrogens is 390 g/mol. The Bertz CT molecular complexity index is 1270. The van der Waals surface area contributed by atoms with Crippen molar-refractivity contribution < 1.29 is 13.9 Å². The van der Waals surface area contributed by atoms with E-state index in [9.17, 15) is 9.59 Å². The summed E-state index contributed by atoms with van der Waals surface area (Å²) in [4.78, 5) is 38.2. The summed E-state index contributed by atoms with van der Waals surface area (Å²) in [6.07, 6.45) is -0.751. The lowest BCUT2D eigenvalue weighted by atomic mass is 10.2. The van der Waals surface area contributed by atoms with E-state index in [1.807, 2.05) is 44.2 Å². The molecule has 0 aliphatic rings. The normalized spacial score (nSPS) is 12.3. The average Bonchev–Trinajstić information content (AvgIpc) is 3.22. The number of nitrogens with one attached hydrogen (secondary N) is 1. The van der Waals surface area contributed by atoms with Crippen LogP contribution < -0.4 is 5.56 Å². The number of carbonyl (C=O) groups excluding carboxylic acids is 1. The van der Waals surface area contributed by atoms with E-state index < -0.39 is 12.1 Å². The van der Waals surface area contributed by atoms with Gasteiger partial charge >= 0.3 is 5.97 Å². The number of fused-ring (bicyclic) bond motifs is 1. The molecule has 1 atom stereocenters. The third kappa shape index (κ3) is 3.47. The first kappa shape index (κ1) is 19.1. The van der Waals surface area contributed by atoms with Crippen molar-refractivity contribution in [3.8, 4) is 11.5 Å². The van der Waals surface area contributed by atoms with Gasteiger partial charge in [0.15, 0.2) is 17.6 Å². The number of benzene rings is 1. The van der Waals surface area contributed by atoms with Gasteiger partial charge in [0.1, 0.15) is 10.6 Å². The van der Waals surface area contributed by atoms with Crippen molar-refractivity contribution in [2.24, 2.45) is 0 Å². The monoisotopic (exact) mass is 409 g/mol. The molecule has 4 rings (SSSR count). The van der Waals surface area contributed by atoms with Crippen LogP contribution in [0, 0.1) is 20.8 Å². The van der Waals surface area contributed by atoms with Crippen LogP contribution in [0.25, 0.3) is 21.7 Å². The Hall–Kier alpha value is -3.26. The molecule has 0 spiro atoms. The summed E-state index contributed by atoms with van der Waals surface area (Å²) in [5, 5.41) is 0.578. The number of rotatable bonds is 4. The van der Waals surface area contributed by atoms with Crippen LogP contribution in [0.15, 0.2) is 39.5 Å². The van der Waals surface area contributed by atoms with E-state index in [1.165, 1.54) is 11.3 Å². The first-order chi connectivity index (χ1) is 13.8. The smallest absolute Gasteiger partial charge is 0.361 e. The number of H-pyrrole nitrogens is 1. The highest BCUT2D eigenvalue weighted by Crippen LogP contribution is 2.27. The summed E-state index contributed by atoms with van der Waals surface area (Å²) in [5.41, 5.74) is 1.55. The second-order valence-electron chi connectivity index (χ2n) is 6.75. The Labute approximate surface area is 170 Å². The second kappa shape index (κ2) is 7.29. The topological polar surface area (TPSA) is 98.1 Å². The number of oxazole rings is 1. The van der Waals surface area contributed by atoms with Crippen LogP contribution in [0.3, 0.4) is 0 Å². The number of thiophene rings is 1. The van der Waals surface area contributed by atoms with Crippen molar-refractivity contribution in [3.63, 3.8) is 0 Å². The van der Waals surface area contributed by atoms with Crippen LogP contribution in [0.1, 0.15) is 45.5 Å². The minimum Gasteiger partial charge on any atom is -0.450 e. The van der Waals surface area contributed by atoms with Crippen molar-refractivity contribution in [3.05, 3.63) is 68.4 Å². The molecule has 0 bridgehead atoms. The minimum atomic E-state index is -0.751. The predicted molar refractivity (Wildman–Crippen MR) is 110 cm³/mol. The van der Waals surface area contributed by atoms with Crippen LogP contribution in [0.2, 0.25) is 0 Å². The molecule has 0 saturated heterocycles. The molecule has 3 aromatic heterocycles. The van der Waals surface area contributed by atoms with Crippen LogP contribution in [-0.2, 0) is 4.74 Å². The first-order valence-corrected chi connectivity index (χ1v) is 9.90. The van der Waals surface area contributed by atoms with Gasteiger partial charge in [0.05, 0.1) is 5.39 Å². The number of aryl methyl sites for hydroxylation is 3. The van der Waals surface area contributed by atoms with Crippen molar-refractivity contribution in [2.75, 3.05) is 0 Å². The molecule has 4 aromatic rings. The lowest BCUT2D eigenvalue weighted by molar-refractivity contribution is 0.0312. The molecule has 0 amide bonds. The summed E-state index contributed by atoms with van der Waals surface area (Å²) in [6, 6.07) is 9.30. The molecule has 0 aliphatic carbocycles. The Balaban J connectivity index is 1.60. The largest absolute Gasteiger partial charge is 0.450 e. The lowest BCUT2D eigenvalue weighted by Gasteiger charge is -2.11. The number of aromatic amines is 1. The third-order valence-corrected chi connectivity index (χ3v) is 5.84. The van der Waals surface area contributed by atoms with E-state index in [-0.39, 0.29) is 11.3 Å². The molecule has 0 fully saturated rings. The fourth-order valence-electron chi connectivity index (χ4n) is 3.03. The van der Waals surface area contributed by atoms with Gasteiger partial charge in [-0.15, -0.1) is 11.3 Å². The van der Waals surface area contributed by atoms with Crippen molar-refractivity contribution >= 4 is 27.5 Å². The highest BCUT2D eigenvalue weighted by Gasteiger charge is 2.24. The van der Waals surface area contributed by atoms with Crippen LogP contribution >= 0.6 is 11.3 Å². The maximum atomic E-state index is 12.6. The molecule has 8 heteroatoms. The molecule has 1 aromatic carbocycles. The zero-order chi connectivity index (χ0) is 20.7. The Morgan fingerprint density at radius 1 is 1.17 bits per heavy atom. The number of aromatic nitrogens is 3. The number of esters is 1. The molecule has 3 heterocycles. The number of carbonyl (C=O) groups is 1. The minimum absolute atomic E-state index is 0.0990. The fraction of sp³-hybridized carbons (Fsp3) is 0.238. The molecule has 0 aliphatic heterocycles. The molecule has 1 N–H and O–H groups in total. The van der Waals surface area contributed by atoms with E-state index in [0.717, 1.165) is 16.0 Å². The van der Waals surface area contributed by atoms with E-state index in [1.54, 1.807) is 13.8 Å². The number of nitrogens with zero attached hydrogens (tertiary/aromatic N) is 2. The lowest BCUT2D eigenvalue weighted by Crippen LogP contribution is -2.17. The van der Waals surface area contributed by atoms with Gasteiger partial charge < -0.3 is 14.1 Å². The molecule has 0 unspecified atom stereocenters. The van der Waals surface area contributed by atoms with Gasteiger partial charge in [0.2, 0.25) is 5.89 Å². The van der Waals surface area contributed by atoms with Gasteiger partial charge in [-0.3, -0.25) is 4.79 Å². The highest BCUT2D eigenvalue weighted by molar-refractivity contribution is 7.18. The van der Waals surface area contributed by atoms with E-state index in [4.69, 9.17) is 9.15 Å². The van der Waals surface area contributed by atoms with Gasteiger partial charge in [-0.25, -0.2) is 14.8 Å². The highest BCUT2D eigenvalue weighted by atomic mass is 32.1. The van der Waals surface area contributed by atoms with Gasteiger partial charge in [-0.05, 0) is 45.4 Å². The van der Waals surface area contributed by atoms with Crippen molar-refractivity contribution in [2.45, 2.75) is 33.8 Å². The summed E-state index contributed by atoms with van der Waals surface area (Å²) < 4.78 is 11.1. The molecule has 7 nitrogen and oxygen atoms in total. The quantitative estimate of drug-likeness (QED) is 0.499. The van der Waals surface area contributed by atoms with Crippen LogP contribution in [-0.4, -0.2) is 20.9 Å². The zero-order valence-electron chi connectivity index (χ0n) is 16.4. The van der Waals surface area contributed by atoms with E-state index in [2.05, 4.69) is 15.0 Å². The standard InChI is InChI=1S/C21H19N3O4S/c1-10-13(4)29-20-15(10)18(25)23-17(24-20)12(3)28-21(26)16-11(2)27-19(22-16)14-8-6-5-7-9-14/h5-9,12H,1-4H3,(H,23,24,25)/t12-/m1/s1. The summed E-state index contributed by atoms with van der Waals surface area (Å²) in [5.74, 6) is 0.367. The van der Waals surface area contributed by atoms with E-state index >= 15 is 0 Å². The first-order valence-electron chi connectivity index (χ1n) is 9.09. The predicted octanol–water partition coefficient (Wildman–Crippen LogP) is 4.48. The SMILES string of the molecule is Cc1oc(-c2ccccc2)nc1C(=O)O[C@H](C)c1nc2sc(C)c(C)c2c(=O)[nH]1. The Morgan fingerprint density at radius 3 is 2.62 bits per heavy atom. The van der Waals surface area contributed by atoms with Gasteiger partial charge in [-0.1, -0.05) is 18.2 Å². The summed E-state index contributed by atoms with van der Waals surface area (Å²) >= 11 is 1.44. The number of hydrogen-bond acceptors (Lipinski definition) is 7. The Morgan fingerprint density at radius 2 is 1.90 bits per heavy atom. The summed E-state index contributed by atoms with van der Waals surface area (Å²) in [7, 11) is 0. The molecule has 0 radical (unpaired) electrons. The van der Waals surface area contributed by atoms with Crippen molar-refractivity contribution in [1.29, 1.82) is 0 Å². The second-order valence-corrected chi connectivity index (χ2v) is 7.96. The zero-order valence-corrected chi connectivity index (χ0v) is 17.2. The maximum absolute atomic E-state index is 12.6. The van der Waals surface area contributed by atoms with E-state index in [0.29, 0.717) is 27.7 Å². The Kier molecular flexibility index (Phi) is 4.79. The van der Waals surface area contributed by atoms with Gasteiger partial charge in [0.25, 0.3) is 5.56 Å². The number of ether oxygens (including phenoxy) is 1.